The molecule has 2 aromatic carbocycles. The number of imidazole rings is 1. The van der Waals surface area contributed by atoms with Gasteiger partial charge in [0.1, 0.15) is 5.75 Å². The molecule has 0 aliphatic heterocycles. The van der Waals surface area contributed by atoms with Crippen LogP contribution in [0, 0.1) is 0 Å². The van der Waals surface area contributed by atoms with Crippen LogP contribution in [0.25, 0.3) is 11.0 Å². The van der Waals surface area contributed by atoms with Crippen LogP contribution < -0.4 is 10.1 Å². The third-order valence-electron chi connectivity index (χ3n) is 3.42. The van der Waals surface area contributed by atoms with Gasteiger partial charge in [-0.2, -0.15) is 0 Å². The van der Waals surface area contributed by atoms with Crippen molar-refractivity contribution < 1.29 is 9.53 Å². The number of carbonyl (C=O) groups excluding carboxylic acids is 1. The second-order valence-electron chi connectivity index (χ2n) is 5.18. The van der Waals surface area contributed by atoms with Crippen LogP contribution in [0.5, 0.6) is 5.75 Å². The summed E-state index contributed by atoms with van der Waals surface area (Å²) in [6, 6.07) is 12.7. The first kappa shape index (κ1) is 16.7. The molecular weight excluding hydrogens is 346 g/mol. The highest BCUT2D eigenvalue weighted by atomic mass is 35.5. The average Bonchev–Trinajstić information content (AvgIpc) is 2.95. The van der Waals surface area contributed by atoms with E-state index >= 15 is 0 Å². The topological polar surface area (TPSA) is 67.0 Å². The molecule has 0 bridgehead atoms. The average molecular weight is 362 g/mol. The SMILES string of the molecule is COc1ccc2nc(SC(C)C(=O)Nc3cccc(Cl)c3)[nH]c2c1. The molecule has 7 heteroatoms. The fourth-order valence-electron chi connectivity index (χ4n) is 2.18. The lowest BCUT2D eigenvalue weighted by molar-refractivity contribution is -0.115. The summed E-state index contributed by atoms with van der Waals surface area (Å²) in [5.41, 5.74) is 2.38. The van der Waals surface area contributed by atoms with Gasteiger partial charge in [0.2, 0.25) is 5.91 Å². The van der Waals surface area contributed by atoms with Gasteiger partial charge in [0.05, 0.1) is 23.4 Å². The van der Waals surface area contributed by atoms with Crippen LogP contribution in [-0.2, 0) is 4.79 Å². The summed E-state index contributed by atoms with van der Waals surface area (Å²) >= 11 is 7.29. The first-order valence-electron chi connectivity index (χ1n) is 7.32. The first-order valence-corrected chi connectivity index (χ1v) is 8.58. The molecule has 5 nitrogen and oxygen atoms in total. The number of thioether (sulfide) groups is 1. The Kier molecular flexibility index (Phi) is 4.97. The van der Waals surface area contributed by atoms with Crippen LogP contribution in [0.2, 0.25) is 5.02 Å². The summed E-state index contributed by atoms with van der Waals surface area (Å²) in [5.74, 6) is 0.648. The quantitative estimate of drug-likeness (QED) is 0.663. The molecule has 0 spiro atoms. The number of rotatable bonds is 5. The summed E-state index contributed by atoms with van der Waals surface area (Å²) in [7, 11) is 1.62. The van der Waals surface area contributed by atoms with Crippen molar-refractivity contribution in [2.45, 2.75) is 17.3 Å². The van der Waals surface area contributed by atoms with Gasteiger partial charge >= 0.3 is 0 Å². The number of hydrogen-bond acceptors (Lipinski definition) is 4. The van der Waals surface area contributed by atoms with Gasteiger partial charge in [-0.25, -0.2) is 4.98 Å². The van der Waals surface area contributed by atoms with E-state index in [0.29, 0.717) is 15.9 Å². The van der Waals surface area contributed by atoms with Crippen LogP contribution >= 0.6 is 23.4 Å². The predicted octanol–water partition coefficient (Wildman–Crippen LogP) is 4.34. The Morgan fingerprint density at radius 2 is 2.17 bits per heavy atom. The maximum atomic E-state index is 12.3. The van der Waals surface area contributed by atoms with E-state index in [2.05, 4.69) is 15.3 Å². The number of amides is 1. The Morgan fingerprint density at radius 3 is 2.92 bits per heavy atom. The van der Waals surface area contributed by atoms with Crippen LogP contribution in [-0.4, -0.2) is 28.2 Å². The van der Waals surface area contributed by atoms with Crippen molar-refractivity contribution in [3.05, 3.63) is 47.5 Å². The van der Waals surface area contributed by atoms with Gasteiger partial charge in [-0.15, -0.1) is 0 Å². The van der Waals surface area contributed by atoms with Crippen LogP contribution in [0.1, 0.15) is 6.92 Å². The summed E-state index contributed by atoms with van der Waals surface area (Å²) in [6.07, 6.45) is 0. The fraction of sp³-hybridized carbons (Fsp3) is 0.176. The zero-order valence-electron chi connectivity index (χ0n) is 13.2. The van der Waals surface area contributed by atoms with Crippen molar-refractivity contribution in [2.75, 3.05) is 12.4 Å². The molecule has 0 saturated carbocycles. The van der Waals surface area contributed by atoms with E-state index in [9.17, 15) is 4.79 Å². The highest BCUT2D eigenvalue weighted by molar-refractivity contribution is 8.00. The standard InChI is InChI=1S/C17H16ClN3O2S/c1-10(16(22)19-12-5-3-4-11(18)8-12)24-17-20-14-7-6-13(23-2)9-15(14)21-17/h3-10H,1-2H3,(H,19,22)(H,20,21). The molecule has 0 saturated heterocycles. The van der Waals surface area contributed by atoms with Crippen molar-refractivity contribution in [2.24, 2.45) is 0 Å². The number of methoxy groups -OCH3 is 1. The highest BCUT2D eigenvalue weighted by Crippen LogP contribution is 2.26. The molecule has 0 aliphatic rings. The number of nitrogens with zero attached hydrogens (tertiary/aromatic N) is 1. The minimum atomic E-state index is -0.313. The lowest BCUT2D eigenvalue weighted by Crippen LogP contribution is -2.22. The van der Waals surface area contributed by atoms with E-state index in [1.54, 1.807) is 31.4 Å². The number of benzene rings is 2. The number of H-pyrrole nitrogens is 1. The zero-order chi connectivity index (χ0) is 17.1. The molecule has 1 atom stereocenters. The number of ether oxygens (including phenoxy) is 1. The van der Waals surface area contributed by atoms with Crippen molar-refractivity contribution in [3.8, 4) is 5.75 Å². The summed E-state index contributed by atoms with van der Waals surface area (Å²) in [4.78, 5) is 20.0. The van der Waals surface area contributed by atoms with Crippen molar-refractivity contribution >= 4 is 46.0 Å². The molecule has 1 unspecified atom stereocenters. The Bertz CT molecular complexity index is 881. The van der Waals surface area contributed by atoms with E-state index < -0.39 is 0 Å². The number of nitrogens with one attached hydrogen (secondary N) is 2. The van der Waals surface area contributed by atoms with Gasteiger partial charge in [-0.05, 0) is 37.3 Å². The monoisotopic (exact) mass is 361 g/mol. The number of fused-ring (bicyclic) bond motifs is 1. The maximum Gasteiger partial charge on any atom is 0.237 e. The molecule has 0 fully saturated rings. The Labute approximate surface area is 148 Å². The van der Waals surface area contributed by atoms with E-state index in [4.69, 9.17) is 16.3 Å². The van der Waals surface area contributed by atoms with Crippen molar-refractivity contribution in [1.29, 1.82) is 0 Å². The molecule has 3 aromatic rings. The van der Waals surface area contributed by atoms with E-state index in [1.807, 2.05) is 25.1 Å². The zero-order valence-corrected chi connectivity index (χ0v) is 14.7. The molecule has 124 valence electrons. The molecule has 3 rings (SSSR count). The summed E-state index contributed by atoms with van der Waals surface area (Å²) < 4.78 is 5.20. The minimum absolute atomic E-state index is 0.111. The van der Waals surface area contributed by atoms with Crippen LogP contribution in [0.15, 0.2) is 47.6 Å². The normalized spacial score (nSPS) is 12.1. The molecule has 1 heterocycles. The number of hydrogen-bond donors (Lipinski definition) is 2. The van der Waals surface area contributed by atoms with Gasteiger partial charge in [0, 0.05) is 16.8 Å². The third-order valence-corrected chi connectivity index (χ3v) is 4.64. The predicted molar refractivity (Wildman–Crippen MR) is 98.0 cm³/mol. The molecule has 0 radical (unpaired) electrons. The van der Waals surface area contributed by atoms with Gasteiger partial charge in [-0.1, -0.05) is 29.4 Å². The van der Waals surface area contributed by atoms with Gasteiger partial charge in [-0.3, -0.25) is 4.79 Å². The van der Waals surface area contributed by atoms with Gasteiger partial charge in [0.15, 0.2) is 5.16 Å². The summed E-state index contributed by atoms with van der Waals surface area (Å²) in [5, 5.41) is 3.81. The first-order chi connectivity index (χ1) is 11.5. The number of anilines is 1. The smallest absolute Gasteiger partial charge is 0.237 e. The second kappa shape index (κ2) is 7.15. The number of carbonyl (C=O) groups is 1. The van der Waals surface area contributed by atoms with E-state index in [0.717, 1.165) is 16.8 Å². The Morgan fingerprint density at radius 1 is 1.33 bits per heavy atom. The molecule has 24 heavy (non-hydrogen) atoms. The highest BCUT2D eigenvalue weighted by Gasteiger charge is 2.17. The number of aromatic nitrogens is 2. The Balaban J connectivity index is 1.69. The summed E-state index contributed by atoms with van der Waals surface area (Å²) in [6.45, 7) is 1.83. The molecular formula is C17H16ClN3O2S. The lowest BCUT2D eigenvalue weighted by atomic mass is 10.3. The molecule has 1 amide bonds. The largest absolute Gasteiger partial charge is 0.497 e. The Hall–Kier alpha value is -2.18. The van der Waals surface area contributed by atoms with Gasteiger partial charge < -0.3 is 15.0 Å². The molecule has 1 aromatic heterocycles. The minimum Gasteiger partial charge on any atom is -0.497 e. The van der Waals surface area contributed by atoms with Crippen molar-refractivity contribution in [1.82, 2.24) is 9.97 Å². The van der Waals surface area contributed by atoms with Gasteiger partial charge in [0.25, 0.3) is 0 Å². The van der Waals surface area contributed by atoms with E-state index in [1.165, 1.54) is 11.8 Å². The van der Waals surface area contributed by atoms with E-state index in [-0.39, 0.29) is 11.2 Å². The maximum absolute atomic E-state index is 12.3. The van der Waals surface area contributed by atoms with Crippen LogP contribution in [0.3, 0.4) is 0 Å². The van der Waals surface area contributed by atoms with Crippen molar-refractivity contribution in [3.63, 3.8) is 0 Å². The second-order valence-corrected chi connectivity index (χ2v) is 6.95. The molecule has 2 N–H and O–H groups in total. The number of halogens is 1. The lowest BCUT2D eigenvalue weighted by Gasteiger charge is -2.10. The molecule has 0 aliphatic carbocycles. The fourth-order valence-corrected chi connectivity index (χ4v) is 3.19. The van der Waals surface area contributed by atoms with Crippen LogP contribution in [0.4, 0.5) is 5.69 Å². The number of aromatic amines is 1. The third kappa shape index (κ3) is 3.83.